The lowest BCUT2D eigenvalue weighted by atomic mass is 10.0. The monoisotopic (exact) mass is 325 g/mol. The van der Waals surface area contributed by atoms with E-state index in [0.717, 1.165) is 10.2 Å². The zero-order chi connectivity index (χ0) is 13.1. The molecule has 1 heterocycles. The third-order valence-electron chi connectivity index (χ3n) is 2.97. The van der Waals surface area contributed by atoms with Crippen LogP contribution >= 0.6 is 27.3 Å². The van der Waals surface area contributed by atoms with Gasteiger partial charge in [0.15, 0.2) is 0 Å². The van der Waals surface area contributed by atoms with E-state index in [2.05, 4.69) is 45.7 Å². The zero-order valence-corrected chi connectivity index (χ0v) is 13.1. The highest BCUT2D eigenvalue weighted by Gasteiger charge is 2.18. The van der Waals surface area contributed by atoms with Crippen molar-refractivity contribution < 1.29 is 4.74 Å². The van der Waals surface area contributed by atoms with Crippen LogP contribution in [0.3, 0.4) is 0 Å². The third kappa shape index (κ3) is 2.60. The second-order valence-electron chi connectivity index (χ2n) is 4.08. The van der Waals surface area contributed by atoms with E-state index in [-0.39, 0.29) is 6.04 Å². The molecule has 4 heteroatoms. The molecule has 2 nitrogen and oxygen atoms in total. The molecule has 1 aromatic heterocycles. The quantitative estimate of drug-likeness (QED) is 0.912. The number of hydrogen-bond acceptors (Lipinski definition) is 3. The number of ether oxygens (including phenoxy) is 1. The lowest BCUT2D eigenvalue weighted by Gasteiger charge is -2.18. The summed E-state index contributed by atoms with van der Waals surface area (Å²) in [6, 6.07) is 8.46. The molecule has 1 unspecified atom stereocenters. The molecular weight excluding hydrogens is 310 g/mol. The molecule has 2 rings (SSSR count). The van der Waals surface area contributed by atoms with E-state index in [1.165, 1.54) is 16.0 Å². The topological polar surface area (TPSA) is 21.3 Å². The van der Waals surface area contributed by atoms with Crippen LogP contribution in [0, 0.1) is 6.92 Å². The van der Waals surface area contributed by atoms with Gasteiger partial charge in [-0.2, -0.15) is 0 Å². The standard InChI is InChI=1S/C14H16BrNOS/c1-9-6-7-18-14(9)13(16-2)11-5-4-10(17-3)8-12(11)15/h4-8,13,16H,1-3H3. The molecule has 96 valence electrons. The summed E-state index contributed by atoms with van der Waals surface area (Å²) in [5, 5.41) is 5.51. The van der Waals surface area contributed by atoms with Crippen LogP contribution in [0.1, 0.15) is 22.0 Å². The first kappa shape index (κ1) is 13.6. The Morgan fingerprint density at radius 2 is 2.11 bits per heavy atom. The highest BCUT2D eigenvalue weighted by molar-refractivity contribution is 9.10. The summed E-state index contributed by atoms with van der Waals surface area (Å²) in [5.74, 6) is 0.864. The van der Waals surface area contributed by atoms with Crippen molar-refractivity contribution in [2.24, 2.45) is 0 Å². The Hall–Kier alpha value is -0.840. The summed E-state index contributed by atoms with van der Waals surface area (Å²) in [7, 11) is 3.67. The maximum atomic E-state index is 5.23. The molecular formula is C14H16BrNOS. The first-order chi connectivity index (χ1) is 8.67. The van der Waals surface area contributed by atoms with Gasteiger partial charge in [0.2, 0.25) is 0 Å². The van der Waals surface area contributed by atoms with Crippen LogP contribution in [0.15, 0.2) is 34.1 Å². The highest BCUT2D eigenvalue weighted by Crippen LogP contribution is 2.34. The molecule has 0 saturated carbocycles. The van der Waals surface area contributed by atoms with E-state index in [1.807, 2.05) is 19.2 Å². The smallest absolute Gasteiger partial charge is 0.120 e. The molecule has 18 heavy (non-hydrogen) atoms. The number of thiophene rings is 1. The summed E-state index contributed by atoms with van der Waals surface area (Å²) in [6.07, 6.45) is 0. The molecule has 0 amide bonds. The number of nitrogens with one attached hydrogen (secondary N) is 1. The van der Waals surface area contributed by atoms with Crippen LogP contribution in [0.5, 0.6) is 5.75 Å². The number of halogens is 1. The summed E-state index contributed by atoms with van der Waals surface area (Å²) < 4.78 is 6.29. The molecule has 0 radical (unpaired) electrons. The largest absolute Gasteiger partial charge is 0.497 e. The van der Waals surface area contributed by atoms with Crippen molar-refractivity contribution in [3.05, 3.63) is 50.1 Å². The Morgan fingerprint density at radius 1 is 1.33 bits per heavy atom. The number of benzene rings is 1. The molecule has 0 bridgehead atoms. The fraction of sp³-hybridized carbons (Fsp3) is 0.286. The van der Waals surface area contributed by atoms with E-state index in [4.69, 9.17) is 4.74 Å². The second-order valence-corrected chi connectivity index (χ2v) is 5.88. The second kappa shape index (κ2) is 5.87. The van der Waals surface area contributed by atoms with Gasteiger partial charge >= 0.3 is 0 Å². The first-order valence-electron chi connectivity index (χ1n) is 5.72. The minimum absolute atomic E-state index is 0.213. The van der Waals surface area contributed by atoms with Gasteiger partial charge in [0.05, 0.1) is 13.2 Å². The van der Waals surface area contributed by atoms with Crippen molar-refractivity contribution in [3.63, 3.8) is 0 Å². The fourth-order valence-electron chi connectivity index (χ4n) is 1.98. The molecule has 1 aromatic carbocycles. The number of rotatable bonds is 4. The third-order valence-corrected chi connectivity index (χ3v) is 4.74. The van der Waals surface area contributed by atoms with Crippen molar-refractivity contribution in [2.45, 2.75) is 13.0 Å². The van der Waals surface area contributed by atoms with E-state index >= 15 is 0 Å². The molecule has 1 N–H and O–H groups in total. The Labute approximate surface area is 120 Å². The van der Waals surface area contributed by atoms with Gasteiger partial charge < -0.3 is 10.1 Å². The average Bonchev–Trinajstić information content (AvgIpc) is 2.78. The lowest BCUT2D eigenvalue weighted by molar-refractivity contribution is 0.414. The van der Waals surface area contributed by atoms with E-state index in [9.17, 15) is 0 Å². The summed E-state index contributed by atoms with van der Waals surface area (Å²) in [4.78, 5) is 1.35. The fourth-order valence-corrected chi connectivity index (χ4v) is 3.62. The molecule has 0 aliphatic heterocycles. The molecule has 0 fully saturated rings. The highest BCUT2D eigenvalue weighted by atomic mass is 79.9. The summed E-state index contributed by atoms with van der Waals surface area (Å²) >= 11 is 5.41. The van der Waals surface area contributed by atoms with Crippen LogP contribution in [0.4, 0.5) is 0 Å². The predicted octanol–water partition coefficient (Wildman–Crippen LogP) is 4.14. The lowest BCUT2D eigenvalue weighted by Crippen LogP contribution is -2.17. The van der Waals surface area contributed by atoms with Crippen molar-refractivity contribution in [1.82, 2.24) is 5.32 Å². The molecule has 0 aliphatic rings. The molecule has 0 spiro atoms. The number of aryl methyl sites for hydroxylation is 1. The predicted molar refractivity (Wildman–Crippen MR) is 80.7 cm³/mol. The Bertz CT molecular complexity index is 538. The van der Waals surface area contributed by atoms with E-state index in [0.29, 0.717) is 0 Å². The van der Waals surface area contributed by atoms with Gasteiger partial charge in [0.25, 0.3) is 0 Å². The van der Waals surface area contributed by atoms with E-state index < -0.39 is 0 Å². The van der Waals surface area contributed by atoms with Gasteiger partial charge in [-0.05, 0) is 48.7 Å². The van der Waals surface area contributed by atoms with Crippen molar-refractivity contribution >= 4 is 27.3 Å². The zero-order valence-electron chi connectivity index (χ0n) is 10.7. The molecule has 2 aromatic rings. The van der Waals surface area contributed by atoms with Crippen LogP contribution in [-0.4, -0.2) is 14.2 Å². The van der Waals surface area contributed by atoms with Gasteiger partial charge in [-0.3, -0.25) is 0 Å². The minimum atomic E-state index is 0.213. The van der Waals surface area contributed by atoms with Gasteiger partial charge in [0, 0.05) is 9.35 Å². The SMILES string of the molecule is CNC(c1ccc(OC)cc1Br)c1sccc1C. The molecule has 1 atom stereocenters. The van der Waals surface area contributed by atoms with Crippen molar-refractivity contribution in [2.75, 3.05) is 14.2 Å². The van der Waals surface area contributed by atoms with Crippen LogP contribution in [0.2, 0.25) is 0 Å². The van der Waals surface area contributed by atoms with E-state index in [1.54, 1.807) is 18.4 Å². The maximum absolute atomic E-state index is 5.23. The average molecular weight is 326 g/mol. The van der Waals surface area contributed by atoms with Crippen molar-refractivity contribution in [1.29, 1.82) is 0 Å². The maximum Gasteiger partial charge on any atom is 0.120 e. The minimum Gasteiger partial charge on any atom is -0.497 e. The Balaban J connectivity index is 2.42. The number of methoxy groups -OCH3 is 1. The Kier molecular flexibility index (Phi) is 4.43. The normalized spacial score (nSPS) is 12.4. The van der Waals surface area contributed by atoms with Gasteiger partial charge in [-0.25, -0.2) is 0 Å². The van der Waals surface area contributed by atoms with Crippen molar-refractivity contribution in [3.8, 4) is 5.75 Å². The molecule has 0 aliphatic carbocycles. The van der Waals surface area contributed by atoms with Gasteiger partial charge in [-0.1, -0.05) is 22.0 Å². The first-order valence-corrected chi connectivity index (χ1v) is 7.39. The van der Waals surface area contributed by atoms with Crippen LogP contribution in [0.25, 0.3) is 0 Å². The van der Waals surface area contributed by atoms with Crippen LogP contribution < -0.4 is 10.1 Å². The van der Waals surface area contributed by atoms with Gasteiger partial charge in [-0.15, -0.1) is 11.3 Å². The Morgan fingerprint density at radius 3 is 2.61 bits per heavy atom. The summed E-state index contributed by atoms with van der Waals surface area (Å²) in [5.41, 5.74) is 2.55. The van der Waals surface area contributed by atoms with Gasteiger partial charge in [0.1, 0.15) is 5.75 Å². The summed E-state index contributed by atoms with van der Waals surface area (Å²) in [6.45, 7) is 2.15. The molecule has 0 saturated heterocycles. The number of hydrogen-bond donors (Lipinski definition) is 1. The van der Waals surface area contributed by atoms with Crippen LogP contribution in [-0.2, 0) is 0 Å².